The lowest BCUT2D eigenvalue weighted by Gasteiger charge is -2.20. The second kappa shape index (κ2) is 6.71. The van der Waals surface area contributed by atoms with Gasteiger partial charge in [-0.2, -0.15) is 0 Å². The average molecular weight is 367 g/mol. The van der Waals surface area contributed by atoms with Crippen molar-refractivity contribution in [2.75, 3.05) is 19.0 Å². The molecule has 21 heavy (non-hydrogen) atoms. The number of nitrogens with one attached hydrogen (secondary N) is 1. The number of hydrogen-bond donors (Lipinski definition) is 1. The van der Waals surface area contributed by atoms with E-state index in [1.54, 1.807) is 11.8 Å². The van der Waals surface area contributed by atoms with Gasteiger partial charge in [0, 0.05) is 34.1 Å². The fourth-order valence-electron chi connectivity index (χ4n) is 2.31. The topological polar surface area (TPSA) is 36.1 Å². The molecule has 0 radical (unpaired) electrons. The Morgan fingerprint density at radius 2 is 2.05 bits per heavy atom. The third-order valence-electron chi connectivity index (χ3n) is 3.27. The van der Waals surface area contributed by atoms with Gasteiger partial charge in [0.2, 0.25) is 0 Å². The number of benzene rings is 1. The molecule has 0 spiro atoms. The van der Waals surface area contributed by atoms with Crippen molar-refractivity contribution < 1.29 is 0 Å². The van der Waals surface area contributed by atoms with Gasteiger partial charge < -0.3 is 9.88 Å². The van der Waals surface area contributed by atoms with Gasteiger partial charge in [-0.15, -0.1) is 0 Å². The summed E-state index contributed by atoms with van der Waals surface area (Å²) in [5.41, 5.74) is 2.84. The molecule has 0 amide bonds. The van der Waals surface area contributed by atoms with Crippen LogP contribution in [0.4, 0.5) is 5.69 Å². The molecular formula is C16H19BrN2OS. The van der Waals surface area contributed by atoms with Crippen molar-refractivity contribution in [2.24, 2.45) is 0 Å². The minimum atomic E-state index is -0.0350. The van der Waals surface area contributed by atoms with E-state index in [1.807, 2.05) is 38.1 Å². The molecule has 0 aliphatic rings. The van der Waals surface area contributed by atoms with E-state index >= 15 is 0 Å². The summed E-state index contributed by atoms with van der Waals surface area (Å²) in [6, 6.07) is 8.14. The normalized spacial score (nSPS) is 10.7. The molecule has 0 aliphatic heterocycles. The lowest BCUT2D eigenvalue weighted by Crippen LogP contribution is -2.23. The van der Waals surface area contributed by atoms with Crippen molar-refractivity contribution in [3.05, 3.63) is 50.3 Å². The molecule has 0 unspecified atom stereocenters. The van der Waals surface area contributed by atoms with Crippen LogP contribution in [0.3, 0.4) is 0 Å². The number of hydrogen-bond acceptors (Lipinski definition) is 3. The van der Waals surface area contributed by atoms with Crippen LogP contribution in [0.25, 0.3) is 0 Å². The molecule has 0 saturated heterocycles. The summed E-state index contributed by atoms with van der Waals surface area (Å²) in [7, 11) is 3.81. The highest BCUT2D eigenvalue weighted by Gasteiger charge is 2.17. The van der Waals surface area contributed by atoms with Gasteiger partial charge in [-0.25, -0.2) is 0 Å². The molecule has 2 aromatic rings. The van der Waals surface area contributed by atoms with Crippen LogP contribution in [0, 0.1) is 6.92 Å². The summed E-state index contributed by atoms with van der Waals surface area (Å²) in [6.45, 7) is 4.08. The number of halogens is 1. The molecule has 0 aliphatic carbocycles. The summed E-state index contributed by atoms with van der Waals surface area (Å²) in [4.78, 5) is 19.3. The molecule has 1 heterocycles. The highest BCUT2D eigenvalue weighted by atomic mass is 79.9. The standard InChI is InChI=1S/C16H19BrN2OS/c1-5-13-10(2)18-16(20)14(19(3)4)15(13)21-12-8-6-7-11(17)9-12/h6-9H,5H2,1-4H3,(H,18,20). The van der Waals surface area contributed by atoms with Gasteiger partial charge in [-0.1, -0.05) is 40.7 Å². The molecule has 1 aromatic carbocycles. The predicted molar refractivity (Wildman–Crippen MR) is 93.8 cm³/mol. The number of aryl methyl sites for hydroxylation is 1. The highest BCUT2D eigenvalue weighted by molar-refractivity contribution is 9.10. The molecule has 3 nitrogen and oxygen atoms in total. The fourth-order valence-corrected chi connectivity index (χ4v) is 4.22. The first-order chi connectivity index (χ1) is 9.93. The largest absolute Gasteiger partial charge is 0.372 e. The highest BCUT2D eigenvalue weighted by Crippen LogP contribution is 2.37. The Morgan fingerprint density at radius 3 is 2.62 bits per heavy atom. The first-order valence-electron chi connectivity index (χ1n) is 6.80. The van der Waals surface area contributed by atoms with Crippen LogP contribution in [-0.4, -0.2) is 19.1 Å². The number of nitrogens with zero attached hydrogens (tertiary/aromatic N) is 1. The molecule has 5 heteroatoms. The number of pyridine rings is 1. The molecule has 1 N–H and O–H groups in total. The molecule has 0 saturated carbocycles. The van der Waals surface area contributed by atoms with E-state index in [1.165, 1.54) is 5.56 Å². The Labute approximate surface area is 137 Å². The lowest BCUT2D eigenvalue weighted by molar-refractivity contribution is 0.944. The van der Waals surface area contributed by atoms with Crippen LogP contribution < -0.4 is 10.5 Å². The third kappa shape index (κ3) is 3.52. The van der Waals surface area contributed by atoms with Crippen LogP contribution in [0.5, 0.6) is 0 Å². The first-order valence-corrected chi connectivity index (χ1v) is 8.41. The lowest BCUT2D eigenvalue weighted by atomic mass is 10.1. The number of rotatable bonds is 4. The monoisotopic (exact) mass is 366 g/mol. The molecular weight excluding hydrogens is 348 g/mol. The third-order valence-corrected chi connectivity index (χ3v) is 4.90. The van der Waals surface area contributed by atoms with Gasteiger partial charge >= 0.3 is 0 Å². The Balaban J connectivity index is 2.62. The van der Waals surface area contributed by atoms with Crippen LogP contribution in [-0.2, 0) is 6.42 Å². The van der Waals surface area contributed by atoms with Gasteiger partial charge in [0.15, 0.2) is 0 Å². The van der Waals surface area contributed by atoms with Crippen LogP contribution in [0.15, 0.2) is 43.3 Å². The summed E-state index contributed by atoms with van der Waals surface area (Å²) in [6.07, 6.45) is 0.889. The number of anilines is 1. The molecule has 0 bridgehead atoms. The fraction of sp³-hybridized carbons (Fsp3) is 0.312. The summed E-state index contributed by atoms with van der Waals surface area (Å²) in [5.74, 6) is 0. The Kier molecular flexibility index (Phi) is 5.17. The van der Waals surface area contributed by atoms with E-state index in [0.29, 0.717) is 0 Å². The maximum Gasteiger partial charge on any atom is 0.272 e. The summed E-state index contributed by atoms with van der Waals surface area (Å²) < 4.78 is 1.04. The van der Waals surface area contributed by atoms with E-state index in [0.717, 1.165) is 32.1 Å². The number of aromatic nitrogens is 1. The number of H-pyrrole nitrogens is 1. The molecule has 0 atom stereocenters. The van der Waals surface area contributed by atoms with Gasteiger partial charge in [-0.3, -0.25) is 4.79 Å². The Hall–Kier alpha value is -1.20. The number of aromatic amines is 1. The van der Waals surface area contributed by atoms with Gasteiger partial charge in [0.25, 0.3) is 5.56 Å². The maximum atomic E-state index is 12.3. The average Bonchev–Trinajstić information content (AvgIpc) is 2.38. The van der Waals surface area contributed by atoms with Crippen LogP contribution >= 0.6 is 27.7 Å². The van der Waals surface area contributed by atoms with Crippen molar-refractivity contribution in [2.45, 2.75) is 30.1 Å². The predicted octanol–water partition coefficient (Wildman–Crippen LogP) is 4.23. The quantitative estimate of drug-likeness (QED) is 0.879. The maximum absolute atomic E-state index is 12.3. The SMILES string of the molecule is CCc1c(C)[nH]c(=O)c(N(C)C)c1Sc1cccc(Br)c1. The van der Waals surface area contributed by atoms with Crippen molar-refractivity contribution in [3.63, 3.8) is 0 Å². The van der Waals surface area contributed by atoms with E-state index < -0.39 is 0 Å². The second-order valence-corrected chi connectivity index (χ2v) is 7.04. The van der Waals surface area contributed by atoms with Gasteiger partial charge in [0.1, 0.15) is 5.69 Å². The second-order valence-electron chi connectivity index (χ2n) is 5.04. The van der Waals surface area contributed by atoms with Crippen molar-refractivity contribution in [1.29, 1.82) is 0 Å². The molecule has 0 fully saturated rings. The van der Waals surface area contributed by atoms with Crippen molar-refractivity contribution >= 4 is 33.4 Å². The Morgan fingerprint density at radius 1 is 1.33 bits per heavy atom. The van der Waals surface area contributed by atoms with E-state index in [2.05, 4.69) is 40.0 Å². The first kappa shape index (κ1) is 16.2. The smallest absolute Gasteiger partial charge is 0.272 e. The van der Waals surface area contributed by atoms with Gasteiger partial charge in [0.05, 0.1) is 0 Å². The van der Waals surface area contributed by atoms with E-state index in [9.17, 15) is 4.79 Å². The molecule has 1 aromatic heterocycles. The zero-order valence-electron chi connectivity index (χ0n) is 12.7. The minimum Gasteiger partial charge on any atom is -0.372 e. The zero-order valence-corrected chi connectivity index (χ0v) is 15.1. The van der Waals surface area contributed by atoms with E-state index in [4.69, 9.17) is 0 Å². The van der Waals surface area contributed by atoms with Crippen LogP contribution in [0.1, 0.15) is 18.2 Å². The summed E-state index contributed by atoms with van der Waals surface area (Å²) >= 11 is 5.14. The van der Waals surface area contributed by atoms with E-state index in [-0.39, 0.29) is 5.56 Å². The zero-order chi connectivity index (χ0) is 15.6. The van der Waals surface area contributed by atoms with Crippen LogP contribution in [0.2, 0.25) is 0 Å². The summed E-state index contributed by atoms with van der Waals surface area (Å²) in [5, 5.41) is 0. The van der Waals surface area contributed by atoms with Crippen molar-refractivity contribution in [1.82, 2.24) is 4.98 Å². The molecule has 112 valence electrons. The van der Waals surface area contributed by atoms with Gasteiger partial charge in [-0.05, 0) is 37.1 Å². The minimum absolute atomic E-state index is 0.0350. The molecule has 2 rings (SSSR count). The van der Waals surface area contributed by atoms with Crippen molar-refractivity contribution in [3.8, 4) is 0 Å². The Bertz CT molecular complexity index is 710.